The SMILES string of the molecule is CCCC(C(N)=O)C(CC(C)C)C(=O)N1CCN(c2ccc(OC)cc2)[C@H](C)C1. The zero-order chi connectivity index (χ0) is 21.6. The molecular weight excluding hydrogens is 366 g/mol. The number of nitrogens with zero attached hydrogens (tertiary/aromatic N) is 2. The molecule has 1 saturated heterocycles. The van der Waals surface area contributed by atoms with Crippen LogP contribution in [0.1, 0.15) is 47.0 Å². The maximum absolute atomic E-state index is 13.4. The van der Waals surface area contributed by atoms with Gasteiger partial charge in [0.05, 0.1) is 7.11 Å². The molecule has 162 valence electrons. The number of carbonyl (C=O) groups excluding carboxylic acids is 2. The number of ether oxygens (including phenoxy) is 1. The molecule has 0 aromatic heterocycles. The largest absolute Gasteiger partial charge is 0.497 e. The van der Waals surface area contributed by atoms with Crippen molar-refractivity contribution < 1.29 is 14.3 Å². The summed E-state index contributed by atoms with van der Waals surface area (Å²) >= 11 is 0. The number of piperazine rings is 1. The Morgan fingerprint density at radius 1 is 1.17 bits per heavy atom. The van der Waals surface area contributed by atoms with Gasteiger partial charge in [0.1, 0.15) is 5.75 Å². The lowest BCUT2D eigenvalue weighted by Gasteiger charge is -2.43. The van der Waals surface area contributed by atoms with Crippen LogP contribution in [0.15, 0.2) is 24.3 Å². The molecule has 1 aliphatic heterocycles. The highest BCUT2D eigenvalue weighted by Gasteiger charge is 2.37. The van der Waals surface area contributed by atoms with E-state index in [2.05, 4.69) is 37.8 Å². The maximum atomic E-state index is 13.4. The number of methoxy groups -OCH3 is 1. The zero-order valence-corrected chi connectivity index (χ0v) is 18.6. The topological polar surface area (TPSA) is 75.9 Å². The molecule has 1 aromatic rings. The van der Waals surface area contributed by atoms with Crippen LogP contribution in [0.3, 0.4) is 0 Å². The van der Waals surface area contributed by atoms with Crippen LogP contribution in [0.2, 0.25) is 0 Å². The van der Waals surface area contributed by atoms with Gasteiger partial charge in [-0.25, -0.2) is 0 Å². The number of hydrogen-bond acceptors (Lipinski definition) is 4. The van der Waals surface area contributed by atoms with Crippen molar-refractivity contribution in [1.29, 1.82) is 0 Å². The molecule has 0 bridgehead atoms. The molecule has 2 N–H and O–H groups in total. The Kier molecular flexibility index (Phi) is 8.35. The van der Waals surface area contributed by atoms with Crippen molar-refractivity contribution in [2.75, 3.05) is 31.6 Å². The molecular formula is C23H37N3O3. The molecule has 1 aliphatic rings. The summed E-state index contributed by atoms with van der Waals surface area (Å²) in [6.07, 6.45) is 2.20. The predicted molar refractivity (Wildman–Crippen MR) is 117 cm³/mol. The van der Waals surface area contributed by atoms with E-state index in [1.54, 1.807) is 7.11 Å². The van der Waals surface area contributed by atoms with E-state index in [0.29, 0.717) is 31.8 Å². The zero-order valence-electron chi connectivity index (χ0n) is 18.6. The van der Waals surface area contributed by atoms with Gasteiger partial charge in [0, 0.05) is 43.2 Å². The van der Waals surface area contributed by atoms with Gasteiger partial charge in [-0.05, 0) is 49.9 Å². The minimum atomic E-state index is -0.384. The highest BCUT2D eigenvalue weighted by Crippen LogP contribution is 2.29. The van der Waals surface area contributed by atoms with Crippen LogP contribution in [0.5, 0.6) is 5.75 Å². The lowest BCUT2D eigenvalue weighted by Crippen LogP contribution is -2.56. The van der Waals surface area contributed by atoms with Gasteiger partial charge in [-0.1, -0.05) is 27.2 Å². The third-order valence-corrected chi connectivity index (χ3v) is 5.84. The first-order valence-electron chi connectivity index (χ1n) is 10.8. The van der Waals surface area contributed by atoms with E-state index in [-0.39, 0.29) is 29.7 Å². The van der Waals surface area contributed by atoms with Crippen LogP contribution in [-0.2, 0) is 9.59 Å². The smallest absolute Gasteiger partial charge is 0.226 e. The molecule has 1 aromatic carbocycles. The molecule has 3 atom stereocenters. The summed E-state index contributed by atoms with van der Waals surface area (Å²) in [6, 6.07) is 8.22. The minimum absolute atomic E-state index is 0.0807. The molecule has 6 heteroatoms. The van der Waals surface area contributed by atoms with Crippen molar-refractivity contribution in [2.24, 2.45) is 23.5 Å². The van der Waals surface area contributed by atoms with E-state index in [4.69, 9.17) is 10.5 Å². The van der Waals surface area contributed by atoms with Crippen molar-refractivity contribution in [2.45, 2.75) is 53.0 Å². The second kappa shape index (κ2) is 10.5. The van der Waals surface area contributed by atoms with Crippen molar-refractivity contribution in [3.05, 3.63) is 24.3 Å². The number of hydrogen-bond donors (Lipinski definition) is 1. The van der Waals surface area contributed by atoms with Crippen LogP contribution >= 0.6 is 0 Å². The van der Waals surface area contributed by atoms with Gasteiger partial charge >= 0.3 is 0 Å². The summed E-state index contributed by atoms with van der Waals surface area (Å²) in [5.74, 6) is 0.186. The average Bonchev–Trinajstić information content (AvgIpc) is 2.69. The number of nitrogens with two attached hydrogens (primary N) is 1. The molecule has 0 spiro atoms. The maximum Gasteiger partial charge on any atom is 0.226 e. The molecule has 6 nitrogen and oxygen atoms in total. The fourth-order valence-corrected chi connectivity index (χ4v) is 4.35. The number of primary amides is 1. The number of anilines is 1. The van der Waals surface area contributed by atoms with Gasteiger partial charge < -0.3 is 20.3 Å². The van der Waals surface area contributed by atoms with E-state index in [0.717, 1.165) is 24.4 Å². The first kappa shape index (κ1) is 23.0. The minimum Gasteiger partial charge on any atom is -0.497 e. The molecule has 0 saturated carbocycles. The monoisotopic (exact) mass is 403 g/mol. The standard InChI is InChI=1S/C23H37N3O3/c1-6-7-20(22(24)27)21(14-16(2)3)23(28)25-12-13-26(17(4)15-25)18-8-10-19(29-5)11-9-18/h8-11,16-17,20-21H,6-7,12-15H2,1-5H3,(H2,24,27)/t17-,20?,21?/m1/s1. The number of rotatable bonds is 9. The van der Waals surface area contributed by atoms with Crippen LogP contribution in [0, 0.1) is 17.8 Å². The predicted octanol–water partition coefficient (Wildman–Crippen LogP) is 3.30. The molecule has 1 heterocycles. The summed E-state index contributed by atoms with van der Waals surface area (Å²) in [7, 11) is 1.66. The summed E-state index contributed by atoms with van der Waals surface area (Å²) in [5.41, 5.74) is 6.82. The van der Waals surface area contributed by atoms with Gasteiger partial charge in [-0.3, -0.25) is 9.59 Å². The summed E-state index contributed by atoms with van der Waals surface area (Å²) in [6.45, 7) is 10.4. The number of amides is 2. The molecule has 0 aliphatic carbocycles. The van der Waals surface area contributed by atoms with Gasteiger partial charge in [-0.15, -0.1) is 0 Å². The highest BCUT2D eigenvalue weighted by molar-refractivity contribution is 5.87. The fourth-order valence-electron chi connectivity index (χ4n) is 4.35. The van der Waals surface area contributed by atoms with E-state index in [1.807, 2.05) is 24.0 Å². The normalized spacial score (nSPS) is 19.2. The Balaban J connectivity index is 2.12. The Morgan fingerprint density at radius 2 is 1.83 bits per heavy atom. The number of carbonyl (C=O) groups is 2. The average molecular weight is 404 g/mol. The fraction of sp³-hybridized carbons (Fsp3) is 0.652. The Hall–Kier alpha value is -2.24. The Bertz CT molecular complexity index is 674. The van der Waals surface area contributed by atoms with Crippen LogP contribution in [-0.4, -0.2) is 49.5 Å². The van der Waals surface area contributed by atoms with Gasteiger partial charge in [-0.2, -0.15) is 0 Å². The molecule has 0 radical (unpaired) electrons. The van der Waals surface area contributed by atoms with Gasteiger partial charge in [0.25, 0.3) is 0 Å². The van der Waals surface area contributed by atoms with Crippen molar-refractivity contribution in [3.8, 4) is 5.75 Å². The summed E-state index contributed by atoms with van der Waals surface area (Å²) < 4.78 is 5.24. The van der Waals surface area contributed by atoms with Gasteiger partial charge in [0.2, 0.25) is 11.8 Å². The quantitative estimate of drug-likeness (QED) is 0.686. The van der Waals surface area contributed by atoms with Crippen molar-refractivity contribution in [1.82, 2.24) is 4.90 Å². The lowest BCUT2D eigenvalue weighted by molar-refractivity contribution is -0.142. The van der Waals surface area contributed by atoms with Crippen LogP contribution in [0.25, 0.3) is 0 Å². The van der Waals surface area contributed by atoms with E-state index >= 15 is 0 Å². The van der Waals surface area contributed by atoms with Crippen LogP contribution in [0.4, 0.5) is 5.69 Å². The molecule has 2 unspecified atom stereocenters. The summed E-state index contributed by atoms with van der Waals surface area (Å²) in [5, 5.41) is 0. The first-order valence-corrected chi connectivity index (χ1v) is 10.8. The van der Waals surface area contributed by atoms with E-state index in [1.165, 1.54) is 0 Å². The number of benzene rings is 1. The Morgan fingerprint density at radius 3 is 2.31 bits per heavy atom. The van der Waals surface area contributed by atoms with E-state index < -0.39 is 0 Å². The van der Waals surface area contributed by atoms with Crippen LogP contribution < -0.4 is 15.4 Å². The Labute approximate surface area is 175 Å². The molecule has 2 amide bonds. The second-order valence-corrected chi connectivity index (χ2v) is 8.56. The molecule has 1 fully saturated rings. The van der Waals surface area contributed by atoms with Crippen molar-refractivity contribution in [3.63, 3.8) is 0 Å². The molecule has 2 rings (SSSR count). The van der Waals surface area contributed by atoms with E-state index in [9.17, 15) is 9.59 Å². The summed E-state index contributed by atoms with van der Waals surface area (Å²) in [4.78, 5) is 29.7. The second-order valence-electron chi connectivity index (χ2n) is 8.56. The lowest BCUT2D eigenvalue weighted by atomic mass is 9.81. The molecule has 29 heavy (non-hydrogen) atoms. The first-order chi connectivity index (χ1) is 13.8. The van der Waals surface area contributed by atoms with Crippen molar-refractivity contribution >= 4 is 17.5 Å². The third-order valence-electron chi connectivity index (χ3n) is 5.84. The van der Waals surface area contributed by atoms with Gasteiger partial charge in [0.15, 0.2) is 0 Å². The third kappa shape index (κ3) is 5.87. The highest BCUT2D eigenvalue weighted by atomic mass is 16.5.